The van der Waals surface area contributed by atoms with Crippen molar-refractivity contribution in [2.24, 2.45) is 0 Å². The van der Waals surface area contributed by atoms with E-state index in [-0.39, 0.29) is 10.8 Å². The summed E-state index contributed by atoms with van der Waals surface area (Å²) >= 11 is 0. The van der Waals surface area contributed by atoms with Crippen LogP contribution in [-0.2, 0) is 19.6 Å². The quantitative estimate of drug-likeness (QED) is 0.805. The van der Waals surface area contributed by atoms with Crippen LogP contribution in [0, 0.1) is 13.8 Å². The van der Waals surface area contributed by atoms with E-state index in [0.717, 1.165) is 0 Å². The lowest BCUT2D eigenvalue weighted by Crippen LogP contribution is -2.47. The molecule has 0 spiro atoms. The van der Waals surface area contributed by atoms with Crippen molar-refractivity contribution >= 4 is 15.9 Å². The fourth-order valence-corrected chi connectivity index (χ4v) is 4.57. The number of aryl methyl sites for hydroxylation is 2. The Morgan fingerprint density at radius 1 is 1.23 bits per heavy atom. The summed E-state index contributed by atoms with van der Waals surface area (Å²) in [6.07, 6.45) is 0. The van der Waals surface area contributed by atoms with Crippen LogP contribution >= 0.6 is 0 Å². The van der Waals surface area contributed by atoms with Gasteiger partial charge in [0.05, 0.1) is 24.6 Å². The van der Waals surface area contributed by atoms with E-state index in [4.69, 9.17) is 4.74 Å². The summed E-state index contributed by atoms with van der Waals surface area (Å²) in [4.78, 5) is 14.7. The van der Waals surface area contributed by atoms with Crippen LogP contribution in [0.15, 0.2) is 35.2 Å². The smallest absolute Gasteiger partial charge is 0.245 e. The van der Waals surface area contributed by atoms with Crippen LogP contribution in [0.5, 0.6) is 0 Å². The number of H-pyrrole nitrogens is 1. The molecule has 3 rings (SSSR count). The zero-order chi connectivity index (χ0) is 18.7. The number of amides is 1. The summed E-state index contributed by atoms with van der Waals surface area (Å²) in [5, 5.41) is 6.61. The monoisotopic (exact) mass is 378 g/mol. The summed E-state index contributed by atoms with van der Waals surface area (Å²) < 4.78 is 33.7. The highest BCUT2D eigenvalue weighted by Gasteiger charge is 2.33. The molecule has 2 heterocycles. The lowest BCUT2D eigenvalue weighted by molar-refractivity contribution is -0.137. The number of rotatable bonds is 5. The van der Waals surface area contributed by atoms with Gasteiger partial charge in [0.25, 0.3) is 0 Å². The first-order valence-electron chi connectivity index (χ1n) is 8.35. The number of hydrogen-bond acceptors (Lipinski definition) is 5. The first-order valence-corrected chi connectivity index (χ1v) is 9.84. The van der Waals surface area contributed by atoms with Gasteiger partial charge in [-0.2, -0.15) is 9.82 Å². The number of nitrogens with one attached hydrogen (secondary N) is 2. The fraction of sp³-hybridized carbons (Fsp3) is 0.412. The highest BCUT2D eigenvalue weighted by Crippen LogP contribution is 2.23. The zero-order valence-corrected chi connectivity index (χ0v) is 15.5. The molecule has 1 aliphatic rings. The minimum Gasteiger partial charge on any atom is -0.378 e. The molecule has 0 bridgehead atoms. The van der Waals surface area contributed by atoms with Crippen LogP contribution in [0.4, 0.5) is 0 Å². The van der Waals surface area contributed by atoms with Crippen LogP contribution in [0.25, 0.3) is 0 Å². The van der Waals surface area contributed by atoms with Crippen molar-refractivity contribution in [3.05, 3.63) is 47.3 Å². The largest absolute Gasteiger partial charge is 0.378 e. The van der Waals surface area contributed by atoms with E-state index in [1.165, 1.54) is 0 Å². The van der Waals surface area contributed by atoms with Gasteiger partial charge in [-0.05, 0) is 19.4 Å². The number of aromatic amines is 1. The third-order valence-electron chi connectivity index (χ3n) is 4.30. The highest BCUT2D eigenvalue weighted by molar-refractivity contribution is 7.89. The van der Waals surface area contributed by atoms with Crippen molar-refractivity contribution in [1.29, 1.82) is 0 Å². The average molecular weight is 378 g/mol. The standard InChI is InChI=1S/C17H22N4O4S/c1-12-16(13(2)19-18-12)26(23,24)20-15(14-6-4-3-5-7-14)17(22)21-8-10-25-11-9-21/h3-7,15,20H,8-11H2,1-2H3,(H,18,19)/t15-/m0/s1. The van der Waals surface area contributed by atoms with Crippen LogP contribution in [0.3, 0.4) is 0 Å². The average Bonchev–Trinajstić information content (AvgIpc) is 3.00. The Labute approximate surface area is 152 Å². The minimum absolute atomic E-state index is 0.0770. The SMILES string of the molecule is Cc1n[nH]c(C)c1S(=O)(=O)N[C@H](C(=O)N1CCOCC1)c1ccccc1. The molecule has 1 fully saturated rings. The molecule has 0 unspecified atom stereocenters. The van der Waals surface area contributed by atoms with Gasteiger partial charge >= 0.3 is 0 Å². The van der Waals surface area contributed by atoms with Gasteiger partial charge in [-0.1, -0.05) is 30.3 Å². The van der Waals surface area contributed by atoms with E-state index < -0.39 is 16.1 Å². The molecular weight excluding hydrogens is 356 g/mol. The Morgan fingerprint density at radius 2 is 1.88 bits per heavy atom. The number of nitrogens with zero attached hydrogens (tertiary/aromatic N) is 2. The molecule has 2 aromatic rings. The maximum absolute atomic E-state index is 13.0. The Bertz CT molecular complexity index is 854. The Kier molecular flexibility index (Phi) is 5.40. The molecule has 0 aliphatic carbocycles. The van der Waals surface area contributed by atoms with Gasteiger partial charge in [0, 0.05) is 13.1 Å². The number of carbonyl (C=O) groups excluding carboxylic acids is 1. The van der Waals surface area contributed by atoms with Crippen molar-refractivity contribution < 1.29 is 17.9 Å². The van der Waals surface area contributed by atoms with Gasteiger partial charge in [0.2, 0.25) is 15.9 Å². The lowest BCUT2D eigenvalue weighted by atomic mass is 10.1. The van der Waals surface area contributed by atoms with Gasteiger partial charge in [0.1, 0.15) is 10.9 Å². The number of ether oxygens (including phenoxy) is 1. The Morgan fingerprint density at radius 3 is 2.46 bits per heavy atom. The summed E-state index contributed by atoms with van der Waals surface area (Å²) in [5.74, 6) is -0.290. The Balaban J connectivity index is 1.95. The second-order valence-electron chi connectivity index (χ2n) is 6.17. The van der Waals surface area contributed by atoms with Gasteiger partial charge in [-0.15, -0.1) is 0 Å². The maximum atomic E-state index is 13.0. The summed E-state index contributed by atoms with van der Waals surface area (Å²) in [5.41, 5.74) is 1.38. The van der Waals surface area contributed by atoms with Gasteiger partial charge in [-0.25, -0.2) is 8.42 Å². The lowest BCUT2D eigenvalue weighted by Gasteiger charge is -2.30. The molecule has 1 saturated heterocycles. The second kappa shape index (κ2) is 7.56. The summed E-state index contributed by atoms with van der Waals surface area (Å²) in [7, 11) is -3.93. The van der Waals surface area contributed by atoms with Crippen LogP contribution in [-0.4, -0.2) is 55.7 Å². The molecule has 1 amide bonds. The van der Waals surface area contributed by atoms with Gasteiger partial charge in [0.15, 0.2) is 0 Å². The molecule has 9 heteroatoms. The third kappa shape index (κ3) is 3.79. The second-order valence-corrected chi connectivity index (χ2v) is 7.82. The van der Waals surface area contributed by atoms with E-state index in [0.29, 0.717) is 43.3 Å². The van der Waals surface area contributed by atoms with Crippen molar-refractivity contribution in [2.75, 3.05) is 26.3 Å². The van der Waals surface area contributed by atoms with Crippen LogP contribution < -0.4 is 4.72 Å². The van der Waals surface area contributed by atoms with Crippen LogP contribution in [0.2, 0.25) is 0 Å². The van der Waals surface area contributed by atoms with E-state index >= 15 is 0 Å². The Hall–Kier alpha value is -2.23. The number of hydrogen-bond donors (Lipinski definition) is 2. The molecule has 0 radical (unpaired) electrons. The molecule has 1 atom stereocenters. The van der Waals surface area contributed by atoms with Crippen molar-refractivity contribution in [3.8, 4) is 0 Å². The molecule has 26 heavy (non-hydrogen) atoms. The molecule has 1 aromatic heterocycles. The molecule has 1 aliphatic heterocycles. The molecule has 1 aromatic carbocycles. The van der Waals surface area contributed by atoms with Gasteiger partial charge < -0.3 is 9.64 Å². The predicted octanol–water partition coefficient (Wildman–Crippen LogP) is 0.905. The van der Waals surface area contributed by atoms with Crippen LogP contribution in [0.1, 0.15) is 23.0 Å². The van der Waals surface area contributed by atoms with E-state index in [2.05, 4.69) is 14.9 Å². The van der Waals surface area contributed by atoms with Crippen molar-refractivity contribution in [3.63, 3.8) is 0 Å². The van der Waals surface area contributed by atoms with E-state index in [1.807, 2.05) is 6.07 Å². The predicted molar refractivity (Wildman–Crippen MR) is 95.0 cm³/mol. The highest BCUT2D eigenvalue weighted by atomic mass is 32.2. The number of aromatic nitrogens is 2. The first-order chi connectivity index (χ1) is 12.4. The first kappa shape index (κ1) is 18.6. The maximum Gasteiger partial charge on any atom is 0.245 e. The van der Waals surface area contributed by atoms with E-state index in [9.17, 15) is 13.2 Å². The number of benzene rings is 1. The van der Waals surface area contributed by atoms with Crippen molar-refractivity contribution in [1.82, 2.24) is 19.8 Å². The van der Waals surface area contributed by atoms with Crippen molar-refractivity contribution in [2.45, 2.75) is 24.8 Å². The van der Waals surface area contributed by atoms with Gasteiger partial charge in [-0.3, -0.25) is 9.89 Å². The third-order valence-corrected chi connectivity index (χ3v) is 5.99. The number of sulfonamides is 1. The fourth-order valence-electron chi connectivity index (χ4n) is 3.02. The molecule has 8 nitrogen and oxygen atoms in total. The normalized spacial score (nSPS) is 16.5. The number of morpholine rings is 1. The molecular formula is C17H22N4O4S. The number of carbonyl (C=O) groups is 1. The minimum atomic E-state index is -3.93. The zero-order valence-electron chi connectivity index (χ0n) is 14.7. The molecule has 2 N–H and O–H groups in total. The molecule has 140 valence electrons. The topological polar surface area (TPSA) is 104 Å². The molecule has 0 saturated carbocycles. The summed E-state index contributed by atoms with van der Waals surface area (Å²) in [6, 6.07) is 7.84. The van der Waals surface area contributed by atoms with E-state index in [1.54, 1.807) is 43.0 Å². The summed E-state index contributed by atoms with van der Waals surface area (Å²) in [6.45, 7) is 5.01.